The molecule has 188 valence electrons. The van der Waals surface area contributed by atoms with Gasteiger partial charge in [0.15, 0.2) is 0 Å². The van der Waals surface area contributed by atoms with Gasteiger partial charge in [-0.1, -0.05) is 47.2 Å². The zero-order valence-corrected chi connectivity index (χ0v) is 21.1. The predicted molar refractivity (Wildman–Crippen MR) is 132 cm³/mol. The highest BCUT2D eigenvalue weighted by molar-refractivity contribution is 7.99. The molecule has 10 heteroatoms. The first-order valence-corrected chi connectivity index (χ1v) is 12.1. The highest BCUT2D eigenvalue weighted by Crippen LogP contribution is 2.37. The standard InChI is InChI=1S/C25H31N3O6S/c1-25(2,3)24(30)33-15-19-21(29)22(32-14-16-10-12-17(31-4)13-11-16)20(27-28-26)23(34-19)35-18-8-6-5-7-9-18/h5-13,19-23,29H,14-15H2,1-4H3/t19-,20-,21-,22-,23-/m1/s1. The first-order chi connectivity index (χ1) is 16.7. The van der Waals surface area contributed by atoms with Gasteiger partial charge >= 0.3 is 5.97 Å². The van der Waals surface area contributed by atoms with E-state index < -0.39 is 41.2 Å². The molecular formula is C25H31N3O6S. The van der Waals surface area contributed by atoms with Gasteiger partial charge < -0.3 is 24.1 Å². The molecule has 9 nitrogen and oxygen atoms in total. The number of rotatable bonds is 9. The SMILES string of the molecule is COc1ccc(CO[C@H]2[C@H](O)[C@@H](COC(=O)C(C)(C)C)O[C@H](Sc3ccccc3)[C@@H]2N=[N+]=[N-])cc1. The monoisotopic (exact) mass is 501 g/mol. The van der Waals surface area contributed by atoms with E-state index in [2.05, 4.69) is 10.0 Å². The molecule has 1 N–H and O–H groups in total. The quantitative estimate of drug-likeness (QED) is 0.228. The molecule has 0 spiro atoms. The van der Waals surface area contributed by atoms with Crippen LogP contribution in [0.2, 0.25) is 0 Å². The minimum absolute atomic E-state index is 0.158. The van der Waals surface area contributed by atoms with E-state index >= 15 is 0 Å². The van der Waals surface area contributed by atoms with Gasteiger partial charge in [0.1, 0.15) is 36.0 Å². The molecular weight excluding hydrogens is 470 g/mol. The van der Waals surface area contributed by atoms with Gasteiger partial charge in [-0.2, -0.15) is 0 Å². The lowest BCUT2D eigenvalue weighted by atomic mass is 9.96. The Labute approximate surface area is 209 Å². The summed E-state index contributed by atoms with van der Waals surface area (Å²) in [5.41, 5.74) is 8.74. The number of hydrogen-bond donors (Lipinski definition) is 1. The topological polar surface area (TPSA) is 123 Å². The Bertz CT molecular complexity index is 1010. The fourth-order valence-corrected chi connectivity index (χ4v) is 4.57. The summed E-state index contributed by atoms with van der Waals surface area (Å²) >= 11 is 1.35. The number of carbonyl (C=O) groups is 1. The minimum Gasteiger partial charge on any atom is -0.497 e. The molecule has 0 unspecified atom stereocenters. The van der Waals surface area contributed by atoms with Crippen LogP contribution in [0, 0.1) is 5.41 Å². The number of hydrogen-bond acceptors (Lipinski definition) is 8. The average molecular weight is 502 g/mol. The van der Waals surface area contributed by atoms with Crippen LogP contribution in [0.3, 0.4) is 0 Å². The number of esters is 1. The van der Waals surface area contributed by atoms with Crippen LogP contribution in [0.5, 0.6) is 5.75 Å². The number of benzene rings is 2. The van der Waals surface area contributed by atoms with Crippen molar-refractivity contribution >= 4 is 17.7 Å². The molecule has 0 radical (unpaired) electrons. The van der Waals surface area contributed by atoms with Crippen molar-refractivity contribution in [3.8, 4) is 5.75 Å². The Morgan fingerprint density at radius 2 is 1.86 bits per heavy atom. The van der Waals surface area contributed by atoms with Gasteiger partial charge in [-0.25, -0.2) is 0 Å². The Hall–Kier alpha value is -2.75. The van der Waals surface area contributed by atoms with Crippen LogP contribution in [-0.4, -0.2) is 54.6 Å². The predicted octanol–water partition coefficient (Wildman–Crippen LogP) is 4.73. The van der Waals surface area contributed by atoms with Crippen LogP contribution >= 0.6 is 11.8 Å². The molecule has 0 amide bonds. The second-order valence-corrected chi connectivity index (χ2v) is 10.3. The van der Waals surface area contributed by atoms with Crippen LogP contribution in [0.25, 0.3) is 10.4 Å². The molecule has 5 atom stereocenters. The van der Waals surface area contributed by atoms with E-state index in [1.165, 1.54) is 11.8 Å². The molecule has 1 saturated heterocycles. The van der Waals surface area contributed by atoms with Gasteiger partial charge in [-0.15, -0.1) is 0 Å². The number of methoxy groups -OCH3 is 1. The van der Waals surface area contributed by atoms with Crippen molar-refractivity contribution in [2.45, 2.75) is 62.1 Å². The number of nitrogens with zero attached hydrogens (tertiary/aromatic N) is 3. The lowest BCUT2D eigenvalue weighted by Gasteiger charge is -2.42. The third kappa shape index (κ3) is 7.37. The van der Waals surface area contributed by atoms with Gasteiger partial charge in [0.25, 0.3) is 0 Å². The summed E-state index contributed by atoms with van der Waals surface area (Å²) in [4.78, 5) is 16.2. The minimum atomic E-state index is -1.19. The van der Waals surface area contributed by atoms with E-state index in [-0.39, 0.29) is 13.2 Å². The van der Waals surface area contributed by atoms with Crippen LogP contribution < -0.4 is 4.74 Å². The Kier molecular flexibility index (Phi) is 9.42. The van der Waals surface area contributed by atoms with E-state index in [1.807, 2.05) is 54.6 Å². The summed E-state index contributed by atoms with van der Waals surface area (Å²) in [6, 6.07) is 16.0. The first-order valence-electron chi connectivity index (χ1n) is 11.2. The summed E-state index contributed by atoms with van der Waals surface area (Å²) in [5, 5.41) is 15.1. The van der Waals surface area contributed by atoms with Crippen molar-refractivity contribution in [2.24, 2.45) is 10.5 Å². The molecule has 1 fully saturated rings. The molecule has 0 aliphatic carbocycles. The Morgan fingerprint density at radius 1 is 1.17 bits per heavy atom. The Morgan fingerprint density at radius 3 is 2.46 bits per heavy atom. The molecule has 1 aliphatic rings. The highest BCUT2D eigenvalue weighted by Gasteiger charge is 2.47. The lowest BCUT2D eigenvalue weighted by Crippen LogP contribution is -2.58. The third-order valence-corrected chi connectivity index (χ3v) is 6.58. The van der Waals surface area contributed by atoms with Crippen molar-refractivity contribution in [3.05, 3.63) is 70.6 Å². The molecule has 1 aliphatic heterocycles. The summed E-state index contributed by atoms with van der Waals surface area (Å²) in [6.07, 6.45) is -2.95. The molecule has 1 heterocycles. The van der Waals surface area contributed by atoms with Gasteiger partial charge in [-0.05, 0) is 56.1 Å². The smallest absolute Gasteiger partial charge is 0.311 e. The molecule has 0 bridgehead atoms. The molecule has 3 rings (SSSR count). The third-order valence-electron chi connectivity index (χ3n) is 5.41. The van der Waals surface area contributed by atoms with E-state index in [0.717, 1.165) is 10.5 Å². The number of carbonyl (C=O) groups excluding carboxylic acids is 1. The second kappa shape index (κ2) is 12.3. The fourth-order valence-electron chi connectivity index (χ4n) is 3.44. The number of azide groups is 1. The molecule has 2 aromatic carbocycles. The number of aliphatic hydroxyl groups is 1. The lowest BCUT2D eigenvalue weighted by molar-refractivity contribution is -0.195. The van der Waals surface area contributed by atoms with E-state index in [4.69, 9.17) is 18.9 Å². The van der Waals surface area contributed by atoms with Gasteiger partial charge in [0, 0.05) is 9.81 Å². The number of ether oxygens (including phenoxy) is 4. The van der Waals surface area contributed by atoms with Crippen LogP contribution in [0.1, 0.15) is 26.3 Å². The van der Waals surface area contributed by atoms with Crippen molar-refractivity contribution in [1.82, 2.24) is 0 Å². The largest absolute Gasteiger partial charge is 0.497 e. The van der Waals surface area contributed by atoms with E-state index in [1.54, 1.807) is 27.9 Å². The van der Waals surface area contributed by atoms with Gasteiger partial charge in [-0.3, -0.25) is 4.79 Å². The highest BCUT2D eigenvalue weighted by atomic mass is 32.2. The molecule has 2 aromatic rings. The normalized spacial score (nSPS) is 24.3. The van der Waals surface area contributed by atoms with Crippen LogP contribution in [0.4, 0.5) is 0 Å². The van der Waals surface area contributed by atoms with Gasteiger partial charge in [0.2, 0.25) is 0 Å². The Balaban J connectivity index is 1.83. The van der Waals surface area contributed by atoms with E-state index in [0.29, 0.717) is 5.75 Å². The van der Waals surface area contributed by atoms with Crippen LogP contribution in [-0.2, 0) is 25.6 Å². The summed E-state index contributed by atoms with van der Waals surface area (Å²) in [7, 11) is 1.59. The number of aliphatic hydroxyl groups excluding tert-OH is 1. The zero-order valence-electron chi connectivity index (χ0n) is 20.2. The molecule has 35 heavy (non-hydrogen) atoms. The summed E-state index contributed by atoms with van der Waals surface area (Å²) in [6.45, 7) is 5.26. The molecule has 0 aromatic heterocycles. The van der Waals surface area contributed by atoms with E-state index in [9.17, 15) is 15.4 Å². The fraction of sp³-hybridized carbons (Fsp3) is 0.480. The van der Waals surface area contributed by atoms with Gasteiger partial charge in [0.05, 0.1) is 25.2 Å². The summed E-state index contributed by atoms with van der Waals surface area (Å²) in [5.74, 6) is 0.306. The van der Waals surface area contributed by atoms with Crippen molar-refractivity contribution in [3.63, 3.8) is 0 Å². The maximum absolute atomic E-state index is 12.3. The van der Waals surface area contributed by atoms with Crippen molar-refractivity contribution in [2.75, 3.05) is 13.7 Å². The van der Waals surface area contributed by atoms with Crippen LogP contribution in [0.15, 0.2) is 64.6 Å². The summed E-state index contributed by atoms with van der Waals surface area (Å²) < 4.78 is 22.8. The van der Waals surface area contributed by atoms with Crippen molar-refractivity contribution in [1.29, 1.82) is 0 Å². The first kappa shape index (κ1) is 26.8. The maximum atomic E-state index is 12.3. The average Bonchev–Trinajstić information content (AvgIpc) is 2.84. The zero-order chi connectivity index (χ0) is 25.4. The number of thioether (sulfide) groups is 1. The maximum Gasteiger partial charge on any atom is 0.311 e. The second-order valence-electron chi connectivity index (χ2n) is 9.13. The van der Waals surface area contributed by atoms with Crippen molar-refractivity contribution < 1.29 is 28.8 Å². The molecule has 0 saturated carbocycles.